The fourth-order valence-electron chi connectivity index (χ4n) is 8.96. The molecule has 274 valence electrons. The minimum absolute atomic E-state index is 0.0861. The first kappa shape index (κ1) is 33.9. The number of rotatable bonds is 6. The molecule has 0 fully saturated rings. The van der Waals surface area contributed by atoms with Crippen LogP contribution in [-0.4, -0.2) is 19.5 Å². The lowest BCUT2D eigenvalue weighted by molar-refractivity contribution is 0.660. The summed E-state index contributed by atoms with van der Waals surface area (Å²) < 4.78 is 2.36. The Kier molecular flexibility index (Phi) is 7.80. The molecule has 0 saturated heterocycles. The van der Waals surface area contributed by atoms with E-state index in [2.05, 4.69) is 188 Å². The zero-order chi connectivity index (χ0) is 38.8. The van der Waals surface area contributed by atoms with E-state index < -0.39 is 0 Å². The molecule has 4 nitrogen and oxygen atoms in total. The summed E-state index contributed by atoms with van der Waals surface area (Å²) in [6.07, 6.45) is 0. The van der Waals surface area contributed by atoms with Crippen molar-refractivity contribution in [2.45, 2.75) is 19.3 Å². The van der Waals surface area contributed by atoms with Gasteiger partial charge in [-0.2, -0.15) is 0 Å². The van der Waals surface area contributed by atoms with Crippen LogP contribution in [0.4, 0.5) is 0 Å². The van der Waals surface area contributed by atoms with E-state index in [-0.39, 0.29) is 5.41 Å². The number of nitrogens with zero attached hydrogens (tertiary/aromatic N) is 4. The number of para-hydroxylation sites is 1. The molecule has 0 saturated carbocycles. The van der Waals surface area contributed by atoms with E-state index in [9.17, 15) is 0 Å². The topological polar surface area (TPSA) is 43.6 Å². The summed E-state index contributed by atoms with van der Waals surface area (Å²) in [6.45, 7) is 4.68. The van der Waals surface area contributed by atoms with E-state index in [1.165, 1.54) is 38.9 Å². The van der Waals surface area contributed by atoms with Crippen LogP contribution in [0, 0.1) is 0 Å². The second-order valence-corrected chi connectivity index (χ2v) is 15.6. The molecule has 58 heavy (non-hydrogen) atoms. The van der Waals surface area contributed by atoms with Crippen LogP contribution in [0.5, 0.6) is 0 Å². The molecular formula is C54H38N4. The summed E-state index contributed by atoms with van der Waals surface area (Å²) in [7, 11) is 0. The highest BCUT2D eigenvalue weighted by atomic mass is 15.0. The Morgan fingerprint density at radius 2 is 0.879 bits per heavy atom. The maximum atomic E-state index is 5.26. The normalized spacial score (nSPS) is 12.8. The predicted molar refractivity (Wildman–Crippen MR) is 239 cm³/mol. The number of benzene rings is 8. The van der Waals surface area contributed by atoms with E-state index >= 15 is 0 Å². The molecule has 4 heteroatoms. The molecule has 0 radical (unpaired) electrons. The van der Waals surface area contributed by atoms with Crippen LogP contribution in [-0.2, 0) is 5.41 Å². The Labute approximate surface area is 337 Å². The van der Waals surface area contributed by atoms with Crippen LogP contribution in [0.2, 0.25) is 0 Å². The molecule has 0 N–H and O–H groups in total. The van der Waals surface area contributed by atoms with Crippen LogP contribution in [0.25, 0.3) is 95.0 Å². The third-order valence-corrected chi connectivity index (χ3v) is 11.9. The minimum Gasteiger partial charge on any atom is -0.309 e. The first-order valence-electron chi connectivity index (χ1n) is 19.9. The molecule has 11 rings (SSSR count). The van der Waals surface area contributed by atoms with E-state index in [1.807, 2.05) is 24.3 Å². The van der Waals surface area contributed by atoms with Gasteiger partial charge in [-0.15, -0.1) is 0 Å². The summed E-state index contributed by atoms with van der Waals surface area (Å²) in [4.78, 5) is 15.6. The van der Waals surface area contributed by atoms with Crippen molar-refractivity contribution in [3.8, 4) is 73.2 Å². The maximum absolute atomic E-state index is 5.26. The van der Waals surface area contributed by atoms with Crippen LogP contribution in [0.3, 0.4) is 0 Å². The highest BCUT2D eigenvalue weighted by Gasteiger charge is 2.35. The van der Waals surface area contributed by atoms with Gasteiger partial charge in [0.1, 0.15) is 0 Å². The first-order chi connectivity index (χ1) is 28.5. The van der Waals surface area contributed by atoms with Crippen molar-refractivity contribution in [3.63, 3.8) is 0 Å². The monoisotopic (exact) mass is 742 g/mol. The summed E-state index contributed by atoms with van der Waals surface area (Å²) in [6, 6.07) is 69.0. The average Bonchev–Trinajstić information content (AvgIpc) is 3.75. The SMILES string of the molecule is CC1(C)c2ccccc2-c2ccc(-c3ccc4c(c3)c3c(-c5nc(-c6ccccc6)nc(-c6ccc(-c7ccccc7)cc6)n5)cccc3n4-c3ccccc3)cc21. The first-order valence-corrected chi connectivity index (χ1v) is 19.9. The zero-order valence-corrected chi connectivity index (χ0v) is 32.3. The van der Waals surface area contributed by atoms with Crippen molar-refractivity contribution in [1.29, 1.82) is 0 Å². The Morgan fingerprint density at radius 1 is 0.362 bits per heavy atom. The minimum atomic E-state index is -0.0861. The van der Waals surface area contributed by atoms with Gasteiger partial charge in [0, 0.05) is 38.6 Å². The molecular weight excluding hydrogens is 705 g/mol. The summed E-state index contributed by atoms with van der Waals surface area (Å²) >= 11 is 0. The third-order valence-electron chi connectivity index (χ3n) is 11.9. The lowest BCUT2D eigenvalue weighted by Gasteiger charge is -2.22. The molecule has 1 aliphatic carbocycles. The van der Waals surface area contributed by atoms with Gasteiger partial charge in [0.05, 0.1) is 11.0 Å². The third kappa shape index (κ3) is 5.48. The predicted octanol–water partition coefficient (Wildman–Crippen LogP) is 13.6. The van der Waals surface area contributed by atoms with Gasteiger partial charge in [-0.25, -0.2) is 15.0 Å². The summed E-state index contributed by atoms with van der Waals surface area (Å²) in [5.74, 6) is 1.91. The smallest absolute Gasteiger partial charge is 0.164 e. The quantitative estimate of drug-likeness (QED) is 0.170. The Balaban J connectivity index is 1.12. The second kappa shape index (κ2) is 13.4. The molecule has 0 unspecified atom stereocenters. The molecule has 10 aromatic rings. The fraction of sp³-hybridized carbons (Fsp3) is 0.0556. The van der Waals surface area contributed by atoms with E-state index in [0.29, 0.717) is 17.5 Å². The van der Waals surface area contributed by atoms with Crippen molar-refractivity contribution < 1.29 is 0 Å². The second-order valence-electron chi connectivity index (χ2n) is 15.6. The van der Waals surface area contributed by atoms with Crippen molar-refractivity contribution in [1.82, 2.24) is 19.5 Å². The summed E-state index contributed by atoms with van der Waals surface area (Å²) in [5.41, 5.74) is 16.2. The van der Waals surface area contributed by atoms with E-state index in [0.717, 1.165) is 49.7 Å². The number of hydrogen-bond acceptors (Lipinski definition) is 3. The molecule has 2 heterocycles. The van der Waals surface area contributed by atoms with E-state index in [1.54, 1.807) is 0 Å². The molecule has 0 aliphatic heterocycles. The van der Waals surface area contributed by atoms with Gasteiger partial charge >= 0.3 is 0 Å². The highest BCUT2D eigenvalue weighted by molar-refractivity contribution is 6.16. The van der Waals surface area contributed by atoms with Crippen LogP contribution in [0.1, 0.15) is 25.0 Å². The van der Waals surface area contributed by atoms with Gasteiger partial charge in [-0.3, -0.25) is 0 Å². The van der Waals surface area contributed by atoms with Gasteiger partial charge in [0.25, 0.3) is 0 Å². The van der Waals surface area contributed by atoms with Crippen molar-refractivity contribution in [2.24, 2.45) is 0 Å². The van der Waals surface area contributed by atoms with Crippen molar-refractivity contribution >= 4 is 21.8 Å². The Bertz CT molecular complexity index is 3160. The lowest BCUT2D eigenvalue weighted by Crippen LogP contribution is -2.14. The van der Waals surface area contributed by atoms with Crippen LogP contribution < -0.4 is 0 Å². The summed E-state index contributed by atoms with van der Waals surface area (Å²) in [5, 5.41) is 2.25. The molecule has 0 amide bonds. The van der Waals surface area contributed by atoms with Gasteiger partial charge in [-0.05, 0) is 80.9 Å². The largest absolute Gasteiger partial charge is 0.309 e. The van der Waals surface area contributed by atoms with Gasteiger partial charge < -0.3 is 4.57 Å². The average molecular weight is 743 g/mol. The lowest BCUT2D eigenvalue weighted by atomic mass is 9.81. The van der Waals surface area contributed by atoms with Crippen LogP contribution in [0.15, 0.2) is 194 Å². The van der Waals surface area contributed by atoms with Crippen LogP contribution >= 0.6 is 0 Å². The number of aromatic nitrogens is 4. The van der Waals surface area contributed by atoms with Gasteiger partial charge in [0.15, 0.2) is 17.5 Å². The Morgan fingerprint density at radius 3 is 1.62 bits per heavy atom. The molecule has 8 aromatic carbocycles. The number of fused-ring (bicyclic) bond motifs is 6. The number of hydrogen-bond donors (Lipinski definition) is 0. The maximum Gasteiger partial charge on any atom is 0.164 e. The molecule has 0 bridgehead atoms. The van der Waals surface area contributed by atoms with Crippen molar-refractivity contribution in [3.05, 3.63) is 205 Å². The zero-order valence-electron chi connectivity index (χ0n) is 32.3. The van der Waals surface area contributed by atoms with Gasteiger partial charge in [-0.1, -0.05) is 172 Å². The molecule has 2 aromatic heterocycles. The molecule has 0 spiro atoms. The Hall–Kier alpha value is -7.43. The standard InChI is InChI=1S/C54H38N4/c1-54(2)46-23-13-12-21-42(46)43-31-29-40(34-47(43)54)39-30-32-48-45(33-39)50-44(22-14-24-49(50)58(48)41-19-10-5-11-20-41)53-56-51(37-17-8-4-9-18-37)55-52(57-53)38-27-25-36(26-28-38)35-15-6-3-7-16-35/h3-34H,1-2H3. The molecule has 1 aliphatic rings. The fourth-order valence-corrected chi connectivity index (χ4v) is 8.96. The molecule has 0 atom stereocenters. The highest BCUT2D eigenvalue weighted by Crippen LogP contribution is 2.50. The van der Waals surface area contributed by atoms with Gasteiger partial charge in [0.2, 0.25) is 0 Å². The van der Waals surface area contributed by atoms with Crippen molar-refractivity contribution in [2.75, 3.05) is 0 Å². The van der Waals surface area contributed by atoms with E-state index in [4.69, 9.17) is 15.0 Å².